The predicted molar refractivity (Wildman–Crippen MR) is 87.2 cm³/mol. The summed E-state index contributed by atoms with van der Waals surface area (Å²) in [4.78, 5) is 23.9. The summed E-state index contributed by atoms with van der Waals surface area (Å²) in [5.74, 6) is -0.452. The van der Waals surface area contributed by atoms with Crippen molar-refractivity contribution in [2.24, 2.45) is 0 Å². The molecule has 4 N–H and O–H groups in total. The molecule has 2 aromatic rings. The fraction of sp³-hybridized carbons (Fsp3) is 0.267. The van der Waals surface area contributed by atoms with E-state index in [1.807, 2.05) is 0 Å². The number of benzene rings is 1. The summed E-state index contributed by atoms with van der Waals surface area (Å²) in [6.45, 7) is 0.120. The van der Waals surface area contributed by atoms with Crippen molar-refractivity contribution in [3.05, 3.63) is 41.2 Å². The van der Waals surface area contributed by atoms with Crippen LogP contribution in [-0.4, -0.2) is 27.6 Å². The lowest BCUT2D eigenvalue weighted by Gasteiger charge is -2.05. The fourth-order valence-corrected chi connectivity index (χ4v) is 2.35. The highest BCUT2D eigenvalue weighted by Gasteiger charge is 2.23. The van der Waals surface area contributed by atoms with Crippen molar-refractivity contribution in [3.63, 3.8) is 0 Å². The summed E-state index contributed by atoms with van der Waals surface area (Å²) in [6, 6.07) is 4.99. The number of nitrogens with one attached hydrogen (secondary N) is 2. The minimum absolute atomic E-state index is 0.0879. The summed E-state index contributed by atoms with van der Waals surface area (Å²) >= 11 is 6.00. The normalized spacial score (nSPS) is 13.6. The first-order valence-electron chi connectivity index (χ1n) is 7.19. The lowest BCUT2D eigenvalue weighted by Crippen LogP contribution is -2.29. The first kappa shape index (κ1) is 15.4. The summed E-state index contributed by atoms with van der Waals surface area (Å²) in [6.07, 6.45) is 5.14. The number of carbonyl (C=O) groups is 2. The Morgan fingerprint density at radius 1 is 1.39 bits per heavy atom. The highest BCUT2D eigenvalue weighted by Crippen LogP contribution is 2.20. The minimum Gasteiger partial charge on any atom is -0.399 e. The highest BCUT2D eigenvalue weighted by molar-refractivity contribution is 6.34. The maximum Gasteiger partial charge on any atom is 0.257 e. The van der Waals surface area contributed by atoms with Crippen LogP contribution in [0.4, 0.5) is 11.4 Å². The average molecular weight is 334 g/mol. The number of hydrogen-bond acceptors (Lipinski definition) is 4. The van der Waals surface area contributed by atoms with E-state index in [4.69, 9.17) is 17.3 Å². The molecule has 0 atom stereocenters. The molecule has 120 valence electrons. The molecule has 0 radical (unpaired) electrons. The number of aromatic nitrogens is 2. The molecule has 3 rings (SSSR count). The molecule has 1 fully saturated rings. The quantitative estimate of drug-likeness (QED) is 0.724. The van der Waals surface area contributed by atoms with E-state index in [-0.39, 0.29) is 23.4 Å². The monoisotopic (exact) mass is 333 g/mol. The third-order valence-corrected chi connectivity index (χ3v) is 3.69. The lowest BCUT2D eigenvalue weighted by atomic mass is 10.2. The summed E-state index contributed by atoms with van der Waals surface area (Å²) in [7, 11) is 0. The first-order valence-corrected chi connectivity index (χ1v) is 7.57. The van der Waals surface area contributed by atoms with Crippen LogP contribution >= 0.6 is 11.6 Å². The largest absolute Gasteiger partial charge is 0.399 e. The molecule has 7 nitrogen and oxygen atoms in total. The van der Waals surface area contributed by atoms with Gasteiger partial charge in [-0.25, -0.2) is 0 Å². The number of nitrogen functional groups attached to an aromatic ring is 1. The van der Waals surface area contributed by atoms with Gasteiger partial charge < -0.3 is 16.4 Å². The Balaban J connectivity index is 1.61. The van der Waals surface area contributed by atoms with Crippen LogP contribution in [0.25, 0.3) is 0 Å². The second-order valence-corrected chi connectivity index (χ2v) is 5.87. The molecule has 1 aromatic carbocycles. The molecule has 1 aromatic heterocycles. The third kappa shape index (κ3) is 4.01. The van der Waals surface area contributed by atoms with Crippen LogP contribution in [0.3, 0.4) is 0 Å². The SMILES string of the molecule is Nc1ccc(C(=O)Nc2cnn(CC(=O)NC3CC3)c2)c(Cl)c1. The van der Waals surface area contributed by atoms with Crippen molar-refractivity contribution in [2.75, 3.05) is 11.1 Å². The van der Waals surface area contributed by atoms with Gasteiger partial charge in [0.25, 0.3) is 5.91 Å². The average Bonchev–Trinajstić information content (AvgIpc) is 3.18. The van der Waals surface area contributed by atoms with E-state index in [0.29, 0.717) is 23.0 Å². The Labute approximate surface area is 137 Å². The van der Waals surface area contributed by atoms with Crippen LogP contribution in [0.2, 0.25) is 5.02 Å². The molecule has 8 heteroatoms. The van der Waals surface area contributed by atoms with Crippen molar-refractivity contribution in [1.82, 2.24) is 15.1 Å². The van der Waals surface area contributed by atoms with E-state index >= 15 is 0 Å². The maximum atomic E-state index is 12.2. The van der Waals surface area contributed by atoms with Crippen molar-refractivity contribution < 1.29 is 9.59 Å². The van der Waals surface area contributed by atoms with E-state index in [0.717, 1.165) is 12.8 Å². The van der Waals surface area contributed by atoms with E-state index < -0.39 is 0 Å². The molecular weight excluding hydrogens is 318 g/mol. The zero-order chi connectivity index (χ0) is 16.4. The van der Waals surface area contributed by atoms with Gasteiger partial charge in [-0.2, -0.15) is 5.10 Å². The second kappa shape index (κ2) is 6.29. The Morgan fingerprint density at radius 3 is 2.87 bits per heavy atom. The molecule has 0 unspecified atom stereocenters. The van der Waals surface area contributed by atoms with Gasteiger partial charge in [-0.15, -0.1) is 0 Å². The molecule has 23 heavy (non-hydrogen) atoms. The van der Waals surface area contributed by atoms with E-state index in [9.17, 15) is 9.59 Å². The van der Waals surface area contributed by atoms with Gasteiger partial charge in [0.05, 0.1) is 22.5 Å². The van der Waals surface area contributed by atoms with E-state index in [2.05, 4.69) is 15.7 Å². The smallest absolute Gasteiger partial charge is 0.257 e. The predicted octanol–water partition coefficient (Wildman–Crippen LogP) is 1.65. The number of nitrogens with two attached hydrogens (primary N) is 1. The number of rotatable bonds is 5. The van der Waals surface area contributed by atoms with Crippen molar-refractivity contribution in [1.29, 1.82) is 0 Å². The fourth-order valence-electron chi connectivity index (χ4n) is 2.08. The number of hydrogen-bond donors (Lipinski definition) is 3. The van der Waals surface area contributed by atoms with Gasteiger partial charge in [-0.1, -0.05) is 11.6 Å². The Bertz CT molecular complexity index is 754. The van der Waals surface area contributed by atoms with Crippen LogP contribution < -0.4 is 16.4 Å². The van der Waals surface area contributed by atoms with E-state index in [1.165, 1.54) is 16.9 Å². The molecule has 1 saturated carbocycles. The summed E-state index contributed by atoms with van der Waals surface area (Å²) < 4.78 is 1.47. The number of anilines is 2. The molecule has 0 spiro atoms. The topological polar surface area (TPSA) is 102 Å². The van der Waals surface area contributed by atoms with Gasteiger partial charge in [0.2, 0.25) is 5.91 Å². The molecule has 2 amide bonds. The zero-order valence-corrected chi connectivity index (χ0v) is 13.0. The van der Waals surface area contributed by atoms with Gasteiger partial charge in [0.15, 0.2) is 0 Å². The first-order chi connectivity index (χ1) is 11.0. The third-order valence-electron chi connectivity index (χ3n) is 3.38. The van der Waals surface area contributed by atoms with Gasteiger partial charge >= 0.3 is 0 Å². The van der Waals surface area contributed by atoms with Crippen LogP contribution in [0.1, 0.15) is 23.2 Å². The molecule has 1 aliphatic rings. The molecular formula is C15H16ClN5O2. The molecule has 0 aliphatic heterocycles. The number of carbonyl (C=O) groups excluding carboxylic acids is 2. The van der Waals surface area contributed by atoms with E-state index in [1.54, 1.807) is 18.3 Å². The minimum atomic E-state index is -0.364. The number of halogens is 1. The standard InChI is InChI=1S/C15H16ClN5O2/c16-13-5-9(17)1-4-12(13)15(23)20-11-6-18-21(7-11)8-14(22)19-10-2-3-10/h1,4-7,10H,2-3,8,17H2,(H,19,22)(H,20,23). The molecule has 1 heterocycles. The van der Waals surface area contributed by atoms with Crippen LogP contribution in [0, 0.1) is 0 Å². The Hall–Kier alpha value is -2.54. The summed E-state index contributed by atoms with van der Waals surface area (Å²) in [5.41, 5.74) is 6.90. The number of amides is 2. The molecule has 0 bridgehead atoms. The summed E-state index contributed by atoms with van der Waals surface area (Å²) in [5, 5.41) is 9.89. The Kier molecular flexibility index (Phi) is 4.20. The highest BCUT2D eigenvalue weighted by atomic mass is 35.5. The zero-order valence-electron chi connectivity index (χ0n) is 12.3. The second-order valence-electron chi connectivity index (χ2n) is 5.46. The number of nitrogens with zero attached hydrogens (tertiary/aromatic N) is 2. The maximum absolute atomic E-state index is 12.2. The van der Waals surface area contributed by atoms with Crippen molar-refractivity contribution in [2.45, 2.75) is 25.4 Å². The lowest BCUT2D eigenvalue weighted by molar-refractivity contribution is -0.122. The Morgan fingerprint density at radius 2 is 2.17 bits per heavy atom. The van der Waals surface area contributed by atoms with Gasteiger partial charge in [0, 0.05) is 17.9 Å². The van der Waals surface area contributed by atoms with Crippen LogP contribution in [0.15, 0.2) is 30.6 Å². The van der Waals surface area contributed by atoms with Crippen LogP contribution in [0.5, 0.6) is 0 Å². The van der Waals surface area contributed by atoms with Crippen LogP contribution in [-0.2, 0) is 11.3 Å². The van der Waals surface area contributed by atoms with Gasteiger partial charge in [-0.3, -0.25) is 14.3 Å². The van der Waals surface area contributed by atoms with Gasteiger partial charge in [0.1, 0.15) is 6.54 Å². The van der Waals surface area contributed by atoms with Gasteiger partial charge in [-0.05, 0) is 31.0 Å². The van der Waals surface area contributed by atoms with Crippen molar-refractivity contribution >= 4 is 34.8 Å². The molecule has 0 saturated heterocycles. The van der Waals surface area contributed by atoms with Crippen molar-refractivity contribution in [3.8, 4) is 0 Å². The molecule has 1 aliphatic carbocycles.